The molecule has 0 spiro atoms. The van der Waals surface area contributed by atoms with Crippen molar-refractivity contribution in [2.24, 2.45) is 5.73 Å². The van der Waals surface area contributed by atoms with Crippen LogP contribution in [-0.4, -0.2) is 35.3 Å². The maximum Gasteiger partial charge on any atom is 0.151 e. The summed E-state index contributed by atoms with van der Waals surface area (Å²) in [6.07, 6.45) is 2.83. The van der Waals surface area contributed by atoms with E-state index in [-0.39, 0.29) is 0 Å². The van der Waals surface area contributed by atoms with Gasteiger partial charge in [-0.15, -0.1) is 10.2 Å². The monoisotopic (exact) mass is 231 g/mol. The molecule has 0 aliphatic rings. The Morgan fingerprint density at radius 3 is 2.76 bits per heavy atom. The van der Waals surface area contributed by atoms with E-state index in [9.17, 15) is 0 Å². The van der Waals surface area contributed by atoms with Crippen LogP contribution in [0.15, 0.2) is 30.5 Å². The van der Waals surface area contributed by atoms with Gasteiger partial charge in [0.15, 0.2) is 5.82 Å². The Kier molecular flexibility index (Phi) is 3.72. The molecule has 0 aromatic carbocycles. The summed E-state index contributed by atoms with van der Waals surface area (Å²) in [5.41, 5.74) is 7.31. The van der Waals surface area contributed by atoms with Crippen LogP contribution in [-0.2, 0) is 0 Å². The van der Waals surface area contributed by atoms with Crippen LogP contribution in [0.2, 0.25) is 0 Å². The van der Waals surface area contributed by atoms with Crippen molar-refractivity contribution in [2.45, 2.75) is 6.42 Å². The zero-order valence-corrected chi connectivity index (χ0v) is 9.93. The van der Waals surface area contributed by atoms with Crippen LogP contribution in [0.1, 0.15) is 6.42 Å². The molecule has 3 N–H and O–H groups in total. The lowest BCUT2D eigenvalue weighted by Gasteiger charge is -2.16. The Labute approximate surface area is 101 Å². The van der Waals surface area contributed by atoms with Crippen LogP contribution in [0.4, 0.5) is 5.82 Å². The molecular formula is C12H17N5. The van der Waals surface area contributed by atoms with Crippen LogP contribution in [0.3, 0.4) is 0 Å². The summed E-state index contributed by atoms with van der Waals surface area (Å²) in [7, 11) is 1.99. The highest BCUT2D eigenvalue weighted by atomic mass is 15.2. The average Bonchev–Trinajstić information content (AvgIpc) is 2.90. The molecule has 0 saturated carbocycles. The van der Waals surface area contributed by atoms with Crippen molar-refractivity contribution < 1.29 is 0 Å². The quantitative estimate of drug-likeness (QED) is 0.812. The lowest BCUT2D eigenvalue weighted by atomic mass is 10.3. The zero-order chi connectivity index (χ0) is 12.1. The summed E-state index contributed by atoms with van der Waals surface area (Å²) >= 11 is 0. The van der Waals surface area contributed by atoms with Crippen molar-refractivity contribution in [3.63, 3.8) is 0 Å². The van der Waals surface area contributed by atoms with Gasteiger partial charge in [-0.05, 0) is 37.2 Å². The standard InChI is InChI=1S/C12H17N5/c1-17(9-3-7-13)12-6-5-11(15-16-12)10-4-2-8-14-10/h2,4-6,8,14H,3,7,9,13H2,1H3. The van der Waals surface area contributed by atoms with Crippen molar-refractivity contribution in [1.29, 1.82) is 0 Å². The lowest BCUT2D eigenvalue weighted by molar-refractivity contribution is 0.778. The molecular weight excluding hydrogens is 214 g/mol. The van der Waals surface area contributed by atoms with Gasteiger partial charge in [-0.2, -0.15) is 0 Å². The smallest absolute Gasteiger partial charge is 0.151 e. The third kappa shape index (κ3) is 2.82. The van der Waals surface area contributed by atoms with Gasteiger partial charge in [0, 0.05) is 19.8 Å². The molecule has 2 heterocycles. The molecule has 2 aromatic heterocycles. The van der Waals surface area contributed by atoms with Crippen molar-refractivity contribution in [3.05, 3.63) is 30.5 Å². The molecule has 2 rings (SSSR count). The van der Waals surface area contributed by atoms with Gasteiger partial charge in [0.25, 0.3) is 0 Å². The number of rotatable bonds is 5. The number of anilines is 1. The minimum atomic E-state index is 0.693. The highest BCUT2D eigenvalue weighted by Gasteiger charge is 2.04. The van der Waals surface area contributed by atoms with Crippen molar-refractivity contribution in [2.75, 3.05) is 25.0 Å². The summed E-state index contributed by atoms with van der Waals surface area (Å²) in [5, 5.41) is 8.40. The topological polar surface area (TPSA) is 70.8 Å². The third-order valence-electron chi connectivity index (χ3n) is 2.61. The van der Waals surface area contributed by atoms with E-state index in [1.54, 1.807) is 0 Å². The molecule has 0 fully saturated rings. The molecule has 5 nitrogen and oxygen atoms in total. The van der Waals surface area contributed by atoms with Gasteiger partial charge in [0.05, 0.1) is 5.69 Å². The average molecular weight is 231 g/mol. The van der Waals surface area contributed by atoms with Crippen molar-refractivity contribution >= 4 is 5.82 Å². The fraction of sp³-hybridized carbons (Fsp3) is 0.333. The summed E-state index contributed by atoms with van der Waals surface area (Å²) in [6, 6.07) is 7.85. The maximum absolute atomic E-state index is 5.48. The predicted octanol–water partition coefficient (Wildman–Crippen LogP) is 1.26. The highest BCUT2D eigenvalue weighted by molar-refractivity contribution is 5.55. The van der Waals surface area contributed by atoms with E-state index in [0.29, 0.717) is 6.54 Å². The molecule has 0 bridgehead atoms. The molecule has 0 unspecified atom stereocenters. The van der Waals surface area contributed by atoms with Crippen molar-refractivity contribution in [3.8, 4) is 11.4 Å². The zero-order valence-electron chi connectivity index (χ0n) is 9.93. The SMILES string of the molecule is CN(CCCN)c1ccc(-c2ccc[nH]2)nn1. The van der Waals surface area contributed by atoms with Gasteiger partial charge in [0.1, 0.15) is 5.69 Å². The summed E-state index contributed by atoms with van der Waals surface area (Å²) in [4.78, 5) is 5.16. The van der Waals surface area contributed by atoms with E-state index in [2.05, 4.69) is 20.1 Å². The second-order valence-electron chi connectivity index (χ2n) is 3.92. The first-order valence-corrected chi connectivity index (χ1v) is 5.70. The van der Waals surface area contributed by atoms with Gasteiger partial charge < -0.3 is 15.6 Å². The number of H-pyrrole nitrogens is 1. The van der Waals surface area contributed by atoms with Crippen LogP contribution in [0.25, 0.3) is 11.4 Å². The molecule has 0 atom stereocenters. The van der Waals surface area contributed by atoms with E-state index >= 15 is 0 Å². The Balaban J connectivity index is 2.08. The number of aromatic amines is 1. The lowest BCUT2D eigenvalue weighted by Crippen LogP contribution is -2.22. The number of hydrogen-bond donors (Lipinski definition) is 2. The number of aromatic nitrogens is 3. The number of nitrogens with zero attached hydrogens (tertiary/aromatic N) is 3. The Bertz CT molecular complexity index is 434. The summed E-state index contributed by atoms with van der Waals surface area (Å²) < 4.78 is 0. The predicted molar refractivity (Wildman–Crippen MR) is 68.8 cm³/mol. The van der Waals surface area contributed by atoms with Crippen LogP contribution < -0.4 is 10.6 Å². The Hall–Kier alpha value is -1.88. The van der Waals surface area contributed by atoms with Gasteiger partial charge in [0.2, 0.25) is 0 Å². The molecule has 0 saturated heterocycles. The first-order valence-electron chi connectivity index (χ1n) is 5.70. The van der Waals surface area contributed by atoms with Crippen LogP contribution in [0, 0.1) is 0 Å². The molecule has 17 heavy (non-hydrogen) atoms. The minimum absolute atomic E-state index is 0.693. The van der Waals surface area contributed by atoms with E-state index < -0.39 is 0 Å². The molecule has 90 valence electrons. The first kappa shape index (κ1) is 11.6. The van der Waals surface area contributed by atoms with Gasteiger partial charge in [-0.3, -0.25) is 0 Å². The minimum Gasteiger partial charge on any atom is -0.360 e. The normalized spacial score (nSPS) is 10.5. The van der Waals surface area contributed by atoms with Gasteiger partial charge >= 0.3 is 0 Å². The Morgan fingerprint density at radius 2 is 2.18 bits per heavy atom. The third-order valence-corrected chi connectivity index (χ3v) is 2.61. The molecule has 0 radical (unpaired) electrons. The van der Waals surface area contributed by atoms with Gasteiger partial charge in [-0.25, -0.2) is 0 Å². The van der Waals surface area contributed by atoms with E-state index in [1.807, 2.05) is 37.5 Å². The Morgan fingerprint density at radius 1 is 1.29 bits per heavy atom. The second-order valence-corrected chi connectivity index (χ2v) is 3.92. The van der Waals surface area contributed by atoms with E-state index in [1.165, 1.54) is 0 Å². The van der Waals surface area contributed by atoms with Crippen molar-refractivity contribution in [1.82, 2.24) is 15.2 Å². The fourth-order valence-electron chi connectivity index (χ4n) is 1.61. The molecule has 0 amide bonds. The second kappa shape index (κ2) is 5.45. The van der Waals surface area contributed by atoms with E-state index in [0.717, 1.165) is 30.2 Å². The first-order chi connectivity index (χ1) is 8.31. The number of hydrogen-bond acceptors (Lipinski definition) is 4. The molecule has 0 aliphatic heterocycles. The number of nitrogens with two attached hydrogens (primary N) is 1. The molecule has 0 aliphatic carbocycles. The summed E-state index contributed by atoms with van der Waals surface area (Å²) in [6.45, 7) is 1.59. The van der Waals surface area contributed by atoms with E-state index in [4.69, 9.17) is 5.73 Å². The fourth-order valence-corrected chi connectivity index (χ4v) is 1.61. The van der Waals surface area contributed by atoms with Crippen LogP contribution in [0.5, 0.6) is 0 Å². The molecule has 2 aromatic rings. The largest absolute Gasteiger partial charge is 0.360 e. The summed E-state index contributed by atoms with van der Waals surface area (Å²) in [5.74, 6) is 0.869. The number of nitrogens with one attached hydrogen (secondary N) is 1. The maximum atomic E-state index is 5.48. The molecule has 5 heteroatoms. The highest BCUT2D eigenvalue weighted by Crippen LogP contribution is 2.15. The van der Waals surface area contributed by atoms with Gasteiger partial charge in [-0.1, -0.05) is 0 Å². The van der Waals surface area contributed by atoms with Crippen LogP contribution >= 0.6 is 0 Å².